The van der Waals surface area contributed by atoms with Crippen LogP contribution in [-0.2, 0) is 4.79 Å². The van der Waals surface area contributed by atoms with Crippen LogP contribution in [0.5, 0.6) is 0 Å². The van der Waals surface area contributed by atoms with Crippen LogP contribution in [0.15, 0.2) is 89.4 Å². The number of benzene rings is 2. The minimum Gasteiger partial charge on any atom is -0.272 e. The van der Waals surface area contributed by atoms with E-state index >= 15 is 0 Å². The van der Waals surface area contributed by atoms with E-state index in [4.69, 9.17) is 0 Å². The number of rotatable bonds is 7. The second-order valence-electron chi connectivity index (χ2n) is 6.71. The predicted octanol–water partition coefficient (Wildman–Crippen LogP) is 3.88. The number of hydrogen-bond donors (Lipinski definition) is 1. The van der Waals surface area contributed by atoms with Crippen LogP contribution < -0.4 is 5.43 Å². The highest BCUT2D eigenvalue weighted by molar-refractivity contribution is 7.99. The Morgan fingerprint density at radius 2 is 1.87 bits per heavy atom. The molecular formula is C23H20N6OS. The minimum atomic E-state index is -0.232. The van der Waals surface area contributed by atoms with Crippen LogP contribution in [0.3, 0.4) is 0 Å². The number of hydrogen-bond acceptors (Lipinski definition) is 6. The summed E-state index contributed by atoms with van der Waals surface area (Å²) in [4.78, 5) is 16.3. The average molecular weight is 429 g/mol. The molecule has 2 aromatic carbocycles. The Bertz CT molecular complexity index is 1170. The lowest BCUT2D eigenvalue weighted by Crippen LogP contribution is -2.20. The number of pyridine rings is 1. The monoisotopic (exact) mass is 428 g/mol. The van der Waals surface area contributed by atoms with E-state index in [0.29, 0.717) is 5.16 Å². The number of nitrogens with one attached hydrogen (secondary N) is 1. The van der Waals surface area contributed by atoms with Crippen molar-refractivity contribution < 1.29 is 4.79 Å². The quantitative estimate of drug-likeness (QED) is 0.274. The van der Waals surface area contributed by atoms with Gasteiger partial charge in [-0.05, 0) is 25.1 Å². The second kappa shape index (κ2) is 9.82. The predicted molar refractivity (Wildman–Crippen MR) is 122 cm³/mol. The zero-order chi connectivity index (χ0) is 21.5. The van der Waals surface area contributed by atoms with Crippen molar-refractivity contribution in [2.24, 2.45) is 5.10 Å². The maximum atomic E-state index is 12.2. The smallest absolute Gasteiger partial charge is 0.250 e. The van der Waals surface area contributed by atoms with Crippen molar-refractivity contribution in [1.29, 1.82) is 0 Å². The van der Waals surface area contributed by atoms with E-state index in [1.54, 1.807) is 24.7 Å². The van der Waals surface area contributed by atoms with Crippen LogP contribution in [0.1, 0.15) is 11.1 Å². The topological polar surface area (TPSA) is 85.1 Å². The van der Waals surface area contributed by atoms with Gasteiger partial charge in [0.25, 0.3) is 5.91 Å². The molecule has 0 bridgehead atoms. The average Bonchev–Trinajstić information content (AvgIpc) is 3.23. The maximum Gasteiger partial charge on any atom is 0.250 e. The molecule has 1 N–H and O–H groups in total. The highest BCUT2D eigenvalue weighted by Gasteiger charge is 2.17. The first-order valence-corrected chi connectivity index (χ1v) is 10.6. The molecule has 0 atom stereocenters. The van der Waals surface area contributed by atoms with Crippen LogP contribution >= 0.6 is 11.8 Å². The molecule has 154 valence electrons. The lowest BCUT2D eigenvalue weighted by Gasteiger charge is -2.10. The Hall–Kier alpha value is -3.78. The van der Waals surface area contributed by atoms with Crippen LogP contribution in [0.25, 0.3) is 17.1 Å². The normalized spacial score (nSPS) is 11.0. The molecular weight excluding hydrogens is 408 g/mol. The Morgan fingerprint density at radius 3 is 2.61 bits per heavy atom. The molecule has 0 aliphatic rings. The SMILES string of the molecule is Cc1ccc(-c2nnc(SCC(=O)NN=Cc3cccnc3)n2-c2ccccc2)cc1. The second-order valence-corrected chi connectivity index (χ2v) is 7.65. The van der Waals surface area contributed by atoms with E-state index in [1.807, 2.05) is 72.2 Å². The summed E-state index contributed by atoms with van der Waals surface area (Å²) in [6.07, 6.45) is 4.90. The number of carbonyl (C=O) groups excluding carboxylic acids is 1. The third-order valence-electron chi connectivity index (χ3n) is 4.38. The molecule has 0 saturated carbocycles. The fourth-order valence-electron chi connectivity index (χ4n) is 2.86. The fraction of sp³-hybridized carbons (Fsp3) is 0.0870. The lowest BCUT2D eigenvalue weighted by atomic mass is 10.1. The molecule has 4 rings (SSSR count). The summed E-state index contributed by atoms with van der Waals surface area (Å²) in [7, 11) is 0. The molecule has 0 spiro atoms. The first-order chi connectivity index (χ1) is 15.2. The standard InChI is InChI=1S/C23H20N6OS/c1-17-9-11-19(12-10-17)22-27-28-23(29(22)20-7-3-2-4-8-20)31-16-21(30)26-25-15-18-6-5-13-24-14-18/h2-15H,16H2,1H3,(H,26,30). The van der Waals surface area contributed by atoms with Crippen molar-refractivity contribution in [3.8, 4) is 17.1 Å². The number of nitrogens with zero attached hydrogens (tertiary/aromatic N) is 5. The van der Waals surface area contributed by atoms with E-state index in [9.17, 15) is 4.79 Å². The number of carbonyl (C=O) groups is 1. The van der Waals surface area contributed by atoms with Gasteiger partial charge >= 0.3 is 0 Å². The van der Waals surface area contributed by atoms with Crippen molar-refractivity contribution >= 4 is 23.9 Å². The van der Waals surface area contributed by atoms with Crippen LogP contribution in [0.4, 0.5) is 0 Å². The molecule has 0 fully saturated rings. The van der Waals surface area contributed by atoms with Crippen molar-refractivity contribution in [2.45, 2.75) is 12.1 Å². The van der Waals surface area contributed by atoms with Gasteiger partial charge < -0.3 is 0 Å². The van der Waals surface area contributed by atoms with Crippen molar-refractivity contribution in [2.75, 3.05) is 5.75 Å². The third kappa shape index (κ3) is 5.23. The van der Waals surface area contributed by atoms with Crippen LogP contribution in [0.2, 0.25) is 0 Å². The highest BCUT2D eigenvalue weighted by atomic mass is 32.2. The van der Waals surface area contributed by atoms with Gasteiger partial charge in [-0.25, -0.2) is 5.43 Å². The summed E-state index contributed by atoms with van der Waals surface area (Å²) in [5, 5.41) is 13.3. The Kier molecular flexibility index (Phi) is 6.49. The molecule has 31 heavy (non-hydrogen) atoms. The molecule has 0 saturated heterocycles. The van der Waals surface area contributed by atoms with Gasteiger partial charge in [0.1, 0.15) is 0 Å². The Labute approximate surface area is 184 Å². The summed E-state index contributed by atoms with van der Waals surface area (Å²) in [6, 6.07) is 21.6. The van der Waals surface area contributed by atoms with Gasteiger partial charge in [0.2, 0.25) is 0 Å². The molecule has 8 heteroatoms. The number of aryl methyl sites for hydroxylation is 1. The van der Waals surface area contributed by atoms with Crippen molar-refractivity contribution in [1.82, 2.24) is 25.2 Å². The molecule has 0 aliphatic carbocycles. The Balaban J connectivity index is 1.51. The first kappa shape index (κ1) is 20.5. The van der Waals surface area contributed by atoms with E-state index in [0.717, 1.165) is 22.6 Å². The van der Waals surface area contributed by atoms with Gasteiger partial charge in [-0.1, -0.05) is 65.9 Å². The molecule has 0 aliphatic heterocycles. The minimum absolute atomic E-state index is 0.156. The van der Waals surface area contributed by atoms with Crippen molar-refractivity contribution in [3.63, 3.8) is 0 Å². The van der Waals surface area contributed by atoms with Crippen LogP contribution in [0, 0.1) is 6.92 Å². The summed E-state index contributed by atoms with van der Waals surface area (Å²) in [6.45, 7) is 2.04. The zero-order valence-electron chi connectivity index (χ0n) is 16.8. The zero-order valence-corrected chi connectivity index (χ0v) is 17.7. The lowest BCUT2D eigenvalue weighted by molar-refractivity contribution is -0.118. The van der Waals surface area contributed by atoms with Gasteiger partial charge in [0, 0.05) is 29.2 Å². The number of amides is 1. The van der Waals surface area contributed by atoms with Gasteiger partial charge in [-0.15, -0.1) is 10.2 Å². The van der Waals surface area contributed by atoms with E-state index < -0.39 is 0 Å². The summed E-state index contributed by atoms with van der Waals surface area (Å²) < 4.78 is 1.96. The number of thioether (sulfide) groups is 1. The molecule has 4 aromatic rings. The van der Waals surface area contributed by atoms with Crippen LogP contribution in [-0.4, -0.2) is 37.6 Å². The molecule has 0 unspecified atom stereocenters. The number of aromatic nitrogens is 4. The maximum absolute atomic E-state index is 12.2. The van der Waals surface area contributed by atoms with Gasteiger partial charge in [-0.2, -0.15) is 5.10 Å². The molecule has 1 amide bonds. The molecule has 7 nitrogen and oxygen atoms in total. The largest absolute Gasteiger partial charge is 0.272 e. The number of hydrazone groups is 1. The van der Waals surface area contributed by atoms with Gasteiger partial charge in [0.15, 0.2) is 11.0 Å². The summed E-state index contributed by atoms with van der Waals surface area (Å²) in [5.41, 5.74) is 6.40. The van der Waals surface area contributed by atoms with E-state index in [2.05, 4.69) is 25.7 Å². The van der Waals surface area contributed by atoms with E-state index in [1.165, 1.54) is 17.3 Å². The Morgan fingerprint density at radius 1 is 1.06 bits per heavy atom. The van der Waals surface area contributed by atoms with Gasteiger partial charge in [-0.3, -0.25) is 14.3 Å². The molecule has 2 heterocycles. The summed E-state index contributed by atoms with van der Waals surface area (Å²) >= 11 is 1.31. The molecule has 2 aromatic heterocycles. The highest BCUT2D eigenvalue weighted by Crippen LogP contribution is 2.28. The number of para-hydroxylation sites is 1. The third-order valence-corrected chi connectivity index (χ3v) is 5.31. The van der Waals surface area contributed by atoms with Gasteiger partial charge in [0.05, 0.1) is 12.0 Å². The fourth-order valence-corrected chi connectivity index (χ4v) is 3.60. The molecule has 0 radical (unpaired) electrons. The van der Waals surface area contributed by atoms with Crippen molar-refractivity contribution in [3.05, 3.63) is 90.3 Å². The first-order valence-electron chi connectivity index (χ1n) is 9.63. The summed E-state index contributed by atoms with van der Waals surface area (Å²) in [5.74, 6) is 0.650. The van der Waals surface area contributed by atoms with E-state index in [-0.39, 0.29) is 11.7 Å².